The van der Waals surface area contributed by atoms with Gasteiger partial charge >= 0.3 is 0 Å². The first-order valence-corrected chi connectivity index (χ1v) is 9.94. The van der Waals surface area contributed by atoms with Gasteiger partial charge in [-0.2, -0.15) is 5.26 Å². The lowest BCUT2D eigenvalue weighted by Crippen LogP contribution is -2.14. The third-order valence-corrected chi connectivity index (χ3v) is 4.25. The van der Waals surface area contributed by atoms with Crippen LogP contribution in [-0.2, 0) is 4.79 Å². The van der Waals surface area contributed by atoms with E-state index in [1.54, 1.807) is 43.5 Å². The molecule has 0 saturated carbocycles. The minimum atomic E-state index is -0.513. The number of amides is 1. The lowest BCUT2D eigenvalue weighted by Gasteiger charge is -2.13. The Hall–Kier alpha value is -3.46. The second-order valence-electron chi connectivity index (χ2n) is 6.99. The zero-order chi connectivity index (χ0) is 21.9. The molecule has 0 spiro atoms. The maximum absolute atomic E-state index is 12.6. The van der Waals surface area contributed by atoms with E-state index in [2.05, 4.69) is 19.2 Å². The van der Waals surface area contributed by atoms with Crippen molar-refractivity contribution in [2.45, 2.75) is 27.2 Å². The third-order valence-electron chi connectivity index (χ3n) is 4.25. The number of benzene rings is 2. The average Bonchev–Trinajstić information content (AvgIpc) is 2.73. The molecular formula is C24H28N2O4. The lowest BCUT2D eigenvalue weighted by atomic mass is 10.1. The molecule has 0 aliphatic heterocycles. The minimum absolute atomic E-state index is 0.0307. The summed E-state index contributed by atoms with van der Waals surface area (Å²) in [7, 11) is 1.56. The van der Waals surface area contributed by atoms with Gasteiger partial charge in [0.05, 0.1) is 26.0 Å². The van der Waals surface area contributed by atoms with Crippen LogP contribution < -0.4 is 19.5 Å². The fourth-order valence-electron chi connectivity index (χ4n) is 2.65. The van der Waals surface area contributed by atoms with Crippen LogP contribution in [0.15, 0.2) is 48.0 Å². The predicted octanol–water partition coefficient (Wildman–Crippen LogP) is 5.06. The van der Waals surface area contributed by atoms with Crippen LogP contribution in [0.5, 0.6) is 17.2 Å². The van der Waals surface area contributed by atoms with Gasteiger partial charge in [0.2, 0.25) is 0 Å². The summed E-state index contributed by atoms with van der Waals surface area (Å²) in [6, 6.07) is 14.4. The van der Waals surface area contributed by atoms with Crippen molar-refractivity contribution in [2.24, 2.45) is 5.92 Å². The highest BCUT2D eigenvalue weighted by Crippen LogP contribution is 2.30. The summed E-state index contributed by atoms with van der Waals surface area (Å²) in [5.41, 5.74) is 1.14. The quantitative estimate of drug-likeness (QED) is 0.439. The molecule has 2 aromatic carbocycles. The largest absolute Gasteiger partial charge is 0.493 e. The Labute approximate surface area is 178 Å². The van der Waals surface area contributed by atoms with Gasteiger partial charge in [0.15, 0.2) is 11.5 Å². The van der Waals surface area contributed by atoms with Crippen molar-refractivity contribution in [3.05, 3.63) is 53.6 Å². The molecule has 0 atom stereocenters. The second-order valence-corrected chi connectivity index (χ2v) is 6.99. The number of carbonyl (C=O) groups is 1. The average molecular weight is 408 g/mol. The van der Waals surface area contributed by atoms with Gasteiger partial charge in [0, 0.05) is 0 Å². The van der Waals surface area contributed by atoms with E-state index in [4.69, 9.17) is 14.2 Å². The van der Waals surface area contributed by atoms with E-state index >= 15 is 0 Å². The topological polar surface area (TPSA) is 80.6 Å². The molecule has 6 nitrogen and oxygen atoms in total. The molecule has 0 aliphatic rings. The first-order valence-electron chi connectivity index (χ1n) is 9.94. The summed E-state index contributed by atoms with van der Waals surface area (Å²) >= 11 is 0. The maximum atomic E-state index is 12.6. The Morgan fingerprint density at radius 3 is 2.57 bits per heavy atom. The Kier molecular flexibility index (Phi) is 8.76. The van der Waals surface area contributed by atoms with Crippen LogP contribution in [0.4, 0.5) is 5.69 Å². The number of carbonyl (C=O) groups excluding carboxylic acids is 1. The Morgan fingerprint density at radius 2 is 1.90 bits per heavy atom. The Bertz CT molecular complexity index is 929. The first kappa shape index (κ1) is 22.8. The fraction of sp³-hybridized carbons (Fsp3) is 0.333. The van der Waals surface area contributed by atoms with Crippen LogP contribution in [0.2, 0.25) is 0 Å². The molecule has 1 N–H and O–H groups in total. The van der Waals surface area contributed by atoms with Crippen molar-refractivity contribution in [1.82, 2.24) is 0 Å². The van der Waals surface area contributed by atoms with Crippen molar-refractivity contribution in [2.75, 3.05) is 25.6 Å². The number of rotatable bonds is 10. The van der Waals surface area contributed by atoms with Crippen LogP contribution in [-0.4, -0.2) is 26.2 Å². The number of para-hydroxylation sites is 2. The van der Waals surface area contributed by atoms with E-state index in [-0.39, 0.29) is 5.57 Å². The fourth-order valence-corrected chi connectivity index (χ4v) is 2.65. The number of hydrogen-bond donors (Lipinski definition) is 1. The Morgan fingerprint density at radius 1 is 1.13 bits per heavy atom. The molecule has 1 amide bonds. The number of nitrogens with zero attached hydrogens (tertiary/aromatic N) is 1. The van der Waals surface area contributed by atoms with E-state index in [1.165, 1.54) is 6.08 Å². The molecule has 6 heteroatoms. The van der Waals surface area contributed by atoms with E-state index < -0.39 is 5.91 Å². The highest BCUT2D eigenvalue weighted by molar-refractivity contribution is 6.10. The van der Waals surface area contributed by atoms with Gasteiger partial charge in [-0.15, -0.1) is 0 Å². The Balaban J connectivity index is 2.19. The van der Waals surface area contributed by atoms with Crippen molar-refractivity contribution in [1.29, 1.82) is 5.26 Å². The van der Waals surface area contributed by atoms with Crippen molar-refractivity contribution in [3.8, 4) is 23.3 Å². The van der Waals surface area contributed by atoms with Crippen molar-refractivity contribution >= 4 is 17.7 Å². The summed E-state index contributed by atoms with van der Waals surface area (Å²) in [5, 5.41) is 12.2. The molecule has 2 aromatic rings. The van der Waals surface area contributed by atoms with Crippen LogP contribution in [0, 0.1) is 17.2 Å². The first-order chi connectivity index (χ1) is 14.5. The number of methoxy groups -OCH3 is 1. The maximum Gasteiger partial charge on any atom is 0.266 e. The van der Waals surface area contributed by atoms with E-state index in [0.717, 1.165) is 6.42 Å². The van der Waals surface area contributed by atoms with Crippen molar-refractivity contribution < 1.29 is 19.0 Å². The minimum Gasteiger partial charge on any atom is -0.493 e. The smallest absolute Gasteiger partial charge is 0.266 e. The highest BCUT2D eigenvalue weighted by Gasteiger charge is 2.13. The highest BCUT2D eigenvalue weighted by atomic mass is 16.5. The molecule has 158 valence electrons. The molecule has 2 rings (SSSR count). The summed E-state index contributed by atoms with van der Waals surface area (Å²) < 4.78 is 16.7. The van der Waals surface area contributed by atoms with Gasteiger partial charge in [-0.1, -0.05) is 32.0 Å². The number of nitrogens with one attached hydrogen (secondary N) is 1. The van der Waals surface area contributed by atoms with E-state index in [9.17, 15) is 10.1 Å². The van der Waals surface area contributed by atoms with Gasteiger partial charge in [-0.25, -0.2) is 0 Å². The monoisotopic (exact) mass is 408 g/mol. The molecule has 0 bridgehead atoms. The summed E-state index contributed by atoms with van der Waals surface area (Å²) in [5.74, 6) is 1.76. The summed E-state index contributed by atoms with van der Waals surface area (Å²) in [6.45, 7) is 7.20. The zero-order valence-electron chi connectivity index (χ0n) is 17.9. The van der Waals surface area contributed by atoms with Gasteiger partial charge < -0.3 is 19.5 Å². The standard InChI is InChI=1S/C24H28N2O4/c1-5-29-21-9-7-6-8-20(21)26-24(27)19(16-25)14-18-10-11-22(23(15-18)28-4)30-13-12-17(2)3/h6-11,14-15,17H,5,12-13H2,1-4H3,(H,26,27)/b19-14+. The number of ether oxygens (including phenoxy) is 3. The van der Waals surface area contributed by atoms with Crippen LogP contribution in [0.1, 0.15) is 32.8 Å². The SMILES string of the molecule is CCOc1ccccc1NC(=O)/C(C#N)=C/c1ccc(OCCC(C)C)c(OC)c1. The molecule has 30 heavy (non-hydrogen) atoms. The number of nitriles is 1. The summed E-state index contributed by atoms with van der Waals surface area (Å²) in [4.78, 5) is 12.6. The molecule has 0 fully saturated rings. The van der Waals surface area contributed by atoms with Crippen LogP contribution in [0.3, 0.4) is 0 Å². The van der Waals surface area contributed by atoms with Crippen molar-refractivity contribution in [3.63, 3.8) is 0 Å². The molecule has 0 heterocycles. The number of hydrogen-bond acceptors (Lipinski definition) is 5. The molecular weight excluding hydrogens is 380 g/mol. The van der Waals surface area contributed by atoms with Gasteiger partial charge in [-0.3, -0.25) is 4.79 Å². The zero-order valence-corrected chi connectivity index (χ0v) is 17.9. The molecule has 0 saturated heterocycles. The van der Waals surface area contributed by atoms with Crippen LogP contribution >= 0.6 is 0 Å². The predicted molar refractivity (Wildman–Crippen MR) is 118 cm³/mol. The van der Waals surface area contributed by atoms with Gasteiger partial charge in [0.1, 0.15) is 17.4 Å². The number of anilines is 1. The molecule has 0 aliphatic carbocycles. The van der Waals surface area contributed by atoms with Gasteiger partial charge in [0.25, 0.3) is 5.91 Å². The molecule has 0 aromatic heterocycles. The molecule has 0 radical (unpaired) electrons. The van der Waals surface area contributed by atoms with Gasteiger partial charge in [-0.05, 0) is 55.2 Å². The van der Waals surface area contributed by atoms with Crippen LogP contribution in [0.25, 0.3) is 6.08 Å². The van der Waals surface area contributed by atoms with E-state index in [0.29, 0.717) is 47.6 Å². The lowest BCUT2D eigenvalue weighted by molar-refractivity contribution is -0.112. The molecule has 0 unspecified atom stereocenters. The normalized spacial score (nSPS) is 11.0. The second kappa shape index (κ2) is 11.5. The van der Waals surface area contributed by atoms with E-state index in [1.807, 2.05) is 19.1 Å². The summed E-state index contributed by atoms with van der Waals surface area (Å²) in [6.07, 6.45) is 2.45. The third kappa shape index (κ3) is 6.56.